The molecule has 0 spiro atoms. The minimum Gasteiger partial charge on any atom is -0.365 e. The van der Waals surface area contributed by atoms with E-state index < -0.39 is 0 Å². The number of fused-ring (bicyclic) bond motifs is 1. The largest absolute Gasteiger partial charge is 0.365 e. The van der Waals surface area contributed by atoms with Gasteiger partial charge in [0, 0.05) is 12.6 Å². The van der Waals surface area contributed by atoms with Crippen molar-refractivity contribution in [3.8, 4) is 0 Å². The first-order chi connectivity index (χ1) is 9.72. The molecule has 0 amide bonds. The van der Waals surface area contributed by atoms with E-state index in [1.165, 1.54) is 36.9 Å². The molecule has 1 aliphatic rings. The zero-order valence-electron chi connectivity index (χ0n) is 11.7. The van der Waals surface area contributed by atoms with Crippen molar-refractivity contribution in [1.29, 1.82) is 0 Å². The fourth-order valence-electron chi connectivity index (χ4n) is 2.71. The Morgan fingerprint density at radius 1 is 1.35 bits per heavy atom. The second-order valence-corrected chi connectivity index (χ2v) is 5.42. The number of likely N-dealkylation sites (tertiary alicyclic amines) is 1. The standard InChI is InChI=1S/C13H20N6O/c1-10(9-18-7-3-2-4-8-18)14-11-5-6-12-15-16-13(20)19(12)17-11/h5-6,10H,2-4,7-9H2,1H3,(H,14,17)(H,16,20). The SMILES string of the molecule is CC(CN1CCCCC1)Nc1ccc2n[nH]c(=O)n2n1. The minimum absolute atomic E-state index is 0.292. The first kappa shape index (κ1) is 13.1. The van der Waals surface area contributed by atoms with Gasteiger partial charge in [0.15, 0.2) is 5.65 Å². The molecule has 108 valence electrons. The van der Waals surface area contributed by atoms with Gasteiger partial charge in [-0.05, 0) is 45.0 Å². The van der Waals surface area contributed by atoms with Gasteiger partial charge in [-0.15, -0.1) is 5.10 Å². The topological polar surface area (TPSA) is 78.3 Å². The van der Waals surface area contributed by atoms with Crippen LogP contribution in [0.25, 0.3) is 5.65 Å². The maximum Gasteiger partial charge on any atom is 0.364 e. The molecule has 2 N–H and O–H groups in total. The summed E-state index contributed by atoms with van der Waals surface area (Å²) >= 11 is 0. The van der Waals surface area contributed by atoms with Crippen molar-refractivity contribution in [3.63, 3.8) is 0 Å². The van der Waals surface area contributed by atoms with Crippen LogP contribution >= 0.6 is 0 Å². The Kier molecular flexibility index (Phi) is 3.68. The molecule has 20 heavy (non-hydrogen) atoms. The zero-order valence-corrected chi connectivity index (χ0v) is 11.7. The third-order valence-corrected chi connectivity index (χ3v) is 3.65. The van der Waals surface area contributed by atoms with Crippen LogP contribution < -0.4 is 11.0 Å². The number of hydrogen-bond acceptors (Lipinski definition) is 5. The average Bonchev–Trinajstić information content (AvgIpc) is 2.81. The molecule has 1 unspecified atom stereocenters. The number of nitrogens with zero attached hydrogens (tertiary/aromatic N) is 4. The molecule has 0 aromatic carbocycles. The molecule has 1 atom stereocenters. The molecule has 0 saturated carbocycles. The first-order valence-electron chi connectivity index (χ1n) is 7.16. The lowest BCUT2D eigenvalue weighted by Crippen LogP contribution is -2.38. The van der Waals surface area contributed by atoms with Crippen LogP contribution in [0.2, 0.25) is 0 Å². The monoisotopic (exact) mass is 276 g/mol. The molecule has 7 heteroatoms. The fraction of sp³-hybridized carbons (Fsp3) is 0.615. The number of rotatable bonds is 4. The van der Waals surface area contributed by atoms with Crippen molar-refractivity contribution in [3.05, 3.63) is 22.6 Å². The Morgan fingerprint density at radius 3 is 2.95 bits per heavy atom. The smallest absolute Gasteiger partial charge is 0.364 e. The summed E-state index contributed by atoms with van der Waals surface area (Å²) in [7, 11) is 0. The Labute approximate surface area is 117 Å². The summed E-state index contributed by atoms with van der Waals surface area (Å²) in [6.07, 6.45) is 3.93. The van der Waals surface area contributed by atoms with Gasteiger partial charge in [-0.1, -0.05) is 6.42 Å². The first-order valence-corrected chi connectivity index (χ1v) is 7.16. The van der Waals surface area contributed by atoms with Crippen molar-refractivity contribution >= 4 is 11.5 Å². The minimum atomic E-state index is -0.313. The Balaban J connectivity index is 1.65. The van der Waals surface area contributed by atoms with Crippen LogP contribution in [0.1, 0.15) is 26.2 Å². The van der Waals surface area contributed by atoms with Crippen LogP contribution in [0.5, 0.6) is 0 Å². The van der Waals surface area contributed by atoms with Crippen LogP contribution in [0, 0.1) is 0 Å². The predicted molar refractivity (Wildman–Crippen MR) is 77.0 cm³/mol. The summed E-state index contributed by atoms with van der Waals surface area (Å²) in [6, 6.07) is 3.92. The summed E-state index contributed by atoms with van der Waals surface area (Å²) in [5.41, 5.74) is 0.219. The van der Waals surface area contributed by atoms with Gasteiger partial charge in [0.25, 0.3) is 0 Å². The van der Waals surface area contributed by atoms with Crippen molar-refractivity contribution in [2.24, 2.45) is 0 Å². The van der Waals surface area contributed by atoms with E-state index in [2.05, 4.69) is 32.4 Å². The maximum atomic E-state index is 11.5. The Morgan fingerprint density at radius 2 is 2.15 bits per heavy atom. The molecule has 0 bridgehead atoms. The summed E-state index contributed by atoms with van der Waals surface area (Å²) in [5, 5.41) is 13.8. The van der Waals surface area contributed by atoms with Crippen LogP contribution in [0.3, 0.4) is 0 Å². The lowest BCUT2D eigenvalue weighted by Gasteiger charge is -2.29. The molecule has 2 aromatic rings. The number of H-pyrrole nitrogens is 1. The number of anilines is 1. The molecule has 2 aromatic heterocycles. The molecule has 1 fully saturated rings. The van der Waals surface area contributed by atoms with E-state index in [1.807, 2.05) is 6.07 Å². The summed E-state index contributed by atoms with van der Waals surface area (Å²) < 4.78 is 1.27. The third kappa shape index (κ3) is 2.82. The van der Waals surface area contributed by atoms with Gasteiger partial charge in [-0.3, -0.25) is 0 Å². The number of nitrogens with one attached hydrogen (secondary N) is 2. The summed E-state index contributed by atoms with van der Waals surface area (Å²) in [5.74, 6) is 0.700. The van der Waals surface area contributed by atoms with E-state index in [-0.39, 0.29) is 5.69 Å². The molecule has 0 radical (unpaired) electrons. The molecule has 3 heterocycles. The highest BCUT2D eigenvalue weighted by Crippen LogP contribution is 2.11. The molecule has 1 saturated heterocycles. The van der Waals surface area contributed by atoms with Crippen molar-refractivity contribution in [2.75, 3.05) is 25.0 Å². The molecule has 3 rings (SSSR count). The van der Waals surface area contributed by atoms with Gasteiger partial charge in [-0.2, -0.15) is 9.61 Å². The quantitative estimate of drug-likeness (QED) is 0.859. The zero-order chi connectivity index (χ0) is 13.9. The highest BCUT2D eigenvalue weighted by Gasteiger charge is 2.14. The van der Waals surface area contributed by atoms with Crippen LogP contribution in [-0.2, 0) is 0 Å². The second-order valence-electron chi connectivity index (χ2n) is 5.42. The van der Waals surface area contributed by atoms with E-state index in [0.717, 1.165) is 6.54 Å². The Hall–Kier alpha value is -1.89. The molecule has 7 nitrogen and oxygen atoms in total. The Bertz CT molecular complexity index is 627. The molecule has 0 aliphatic carbocycles. The van der Waals surface area contributed by atoms with Gasteiger partial charge < -0.3 is 10.2 Å². The lowest BCUT2D eigenvalue weighted by atomic mass is 10.1. The highest BCUT2D eigenvalue weighted by atomic mass is 16.2. The van der Waals surface area contributed by atoms with E-state index >= 15 is 0 Å². The van der Waals surface area contributed by atoms with Crippen LogP contribution in [-0.4, -0.2) is 50.4 Å². The van der Waals surface area contributed by atoms with E-state index in [1.54, 1.807) is 6.07 Å². The summed E-state index contributed by atoms with van der Waals surface area (Å²) in [4.78, 5) is 14.0. The van der Waals surface area contributed by atoms with E-state index in [9.17, 15) is 4.79 Å². The fourth-order valence-corrected chi connectivity index (χ4v) is 2.71. The predicted octanol–water partition coefficient (Wildman–Crippen LogP) is 0.704. The number of aromatic amines is 1. The molecular weight excluding hydrogens is 256 g/mol. The molecule has 1 aliphatic heterocycles. The third-order valence-electron chi connectivity index (χ3n) is 3.65. The van der Waals surface area contributed by atoms with E-state index in [4.69, 9.17) is 0 Å². The lowest BCUT2D eigenvalue weighted by molar-refractivity contribution is 0.223. The average molecular weight is 276 g/mol. The van der Waals surface area contributed by atoms with Gasteiger partial charge in [0.05, 0.1) is 0 Å². The number of hydrogen-bond donors (Lipinski definition) is 2. The van der Waals surface area contributed by atoms with E-state index in [0.29, 0.717) is 17.5 Å². The van der Waals surface area contributed by atoms with Gasteiger partial charge in [0.1, 0.15) is 5.82 Å². The van der Waals surface area contributed by atoms with Gasteiger partial charge >= 0.3 is 5.69 Å². The highest BCUT2D eigenvalue weighted by molar-refractivity contribution is 5.43. The van der Waals surface area contributed by atoms with Crippen LogP contribution in [0.4, 0.5) is 5.82 Å². The maximum absolute atomic E-state index is 11.5. The van der Waals surface area contributed by atoms with Gasteiger partial charge in [-0.25, -0.2) is 9.89 Å². The molecular formula is C13H20N6O. The number of aromatic nitrogens is 4. The van der Waals surface area contributed by atoms with Crippen molar-refractivity contribution in [1.82, 2.24) is 24.7 Å². The van der Waals surface area contributed by atoms with Crippen molar-refractivity contribution < 1.29 is 0 Å². The van der Waals surface area contributed by atoms with Crippen LogP contribution in [0.15, 0.2) is 16.9 Å². The second kappa shape index (κ2) is 5.62. The summed E-state index contributed by atoms with van der Waals surface area (Å²) in [6.45, 7) is 5.50. The van der Waals surface area contributed by atoms with Crippen molar-refractivity contribution in [2.45, 2.75) is 32.2 Å². The van der Waals surface area contributed by atoms with Gasteiger partial charge in [0.2, 0.25) is 0 Å². The number of piperidine rings is 1. The normalized spacial score (nSPS) is 18.2.